The first-order valence-electron chi connectivity index (χ1n) is 6.99. The van der Waals surface area contributed by atoms with Gasteiger partial charge in [0, 0.05) is 12.1 Å². The summed E-state index contributed by atoms with van der Waals surface area (Å²) < 4.78 is 0. The number of carbonyl (C=O) groups excluding carboxylic acids is 1. The molecule has 2 N–H and O–H groups in total. The van der Waals surface area contributed by atoms with Crippen molar-refractivity contribution in [1.29, 1.82) is 0 Å². The van der Waals surface area contributed by atoms with Crippen molar-refractivity contribution in [3.63, 3.8) is 0 Å². The molecule has 0 saturated carbocycles. The average molecular weight is 262 g/mol. The van der Waals surface area contributed by atoms with Gasteiger partial charge in [0.1, 0.15) is 0 Å². The molecule has 1 amide bonds. The number of nitrogens with one attached hydrogen (secondary N) is 2. The first kappa shape index (κ1) is 15.7. The third-order valence-electron chi connectivity index (χ3n) is 3.53. The molecule has 3 nitrogen and oxygen atoms in total. The zero-order valence-electron chi connectivity index (χ0n) is 12.7. The van der Waals surface area contributed by atoms with Crippen LogP contribution in [-0.2, 0) is 4.79 Å². The zero-order chi connectivity index (χ0) is 14.4. The van der Waals surface area contributed by atoms with Crippen LogP contribution in [0.2, 0.25) is 0 Å². The van der Waals surface area contributed by atoms with Crippen molar-refractivity contribution in [2.45, 2.75) is 46.7 Å². The summed E-state index contributed by atoms with van der Waals surface area (Å²) in [6.07, 6.45) is 0. The molecule has 1 aromatic carbocycles. The highest BCUT2D eigenvalue weighted by Crippen LogP contribution is 2.12. The normalized spacial score (nSPS) is 14.2. The number of hydrogen-bond donors (Lipinski definition) is 2. The van der Waals surface area contributed by atoms with Crippen LogP contribution in [0.4, 0.5) is 0 Å². The maximum Gasteiger partial charge on any atom is 0.234 e. The SMILES string of the molecule is Cc1ccc(C(C)NCC(=O)NC(C)C(C)C)cc1. The van der Waals surface area contributed by atoms with Crippen LogP contribution < -0.4 is 10.6 Å². The van der Waals surface area contributed by atoms with Gasteiger partial charge in [0.05, 0.1) is 6.54 Å². The molecule has 0 aliphatic carbocycles. The maximum absolute atomic E-state index is 11.8. The lowest BCUT2D eigenvalue weighted by Gasteiger charge is -2.19. The van der Waals surface area contributed by atoms with E-state index in [2.05, 4.69) is 62.6 Å². The lowest BCUT2D eigenvalue weighted by molar-refractivity contribution is -0.121. The molecule has 0 aliphatic heterocycles. The predicted octanol–water partition coefficient (Wildman–Crippen LogP) is 2.81. The van der Waals surface area contributed by atoms with Crippen molar-refractivity contribution in [2.75, 3.05) is 6.54 Å². The van der Waals surface area contributed by atoms with Gasteiger partial charge in [-0.15, -0.1) is 0 Å². The van der Waals surface area contributed by atoms with Gasteiger partial charge in [-0.3, -0.25) is 4.79 Å². The van der Waals surface area contributed by atoms with Crippen molar-refractivity contribution in [3.8, 4) is 0 Å². The molecule has 2 atom stereocenters. The van der Waals surface area contributed by atoms with Gasteiger partial charge in [0.15, 0.2) is 0 Å². The highest BCUT2D eigenvalue weighted by atomic mass is 16.1. The van der Waals surface area contributed by atoms with E-state index in [0.29, 0.717) is 12.5 Å². The van der Waals surface area contributed by atoms with Crippen molar-refractivity contribution >= 4 is 5.91 Å². The molecule has 0 bridgehead atoms. The van der Waals surface area contributed by atoms with Crippen LogP contribution >= 0.6 is 0 Å². The van der Waals surface area contributed by atoms with E-state index in [4.69, 9.17) is 0 Å². The van der Waals surface area contributed by atoms with Crippen molar-refractivity contribution in [3.05, 3.63) is 35.4 Å². The molecule has 0 saturated heterocycles. The molecule has 0 spiro atoms. The average Bonchev–Trinajstić information content (AvgIpc) is 2.36. The van der Waals surface area contributed by atoms with Crippen LogP contribution in [-0.4, -0.2) is 18.5 Å². The lowest BCUT2D eigenvalue weighted by atomic mass is 10.1. The molecule has 0 radical (unpaired) electrons. The quantitative estimate of drug-likeness (QED) is 0.827. The number of amides is 1. The highest BCUT2D eigenvalue weighted by molar-refractivity contribution is 5.78. The van der Waals surface area contributed by atoms with E-state index >= 15 is 0 Å². The third-order valence-corrected chi connectivity index (χ3v) is 3.53. The second-order valence-electron chi connectivity index (χ2n) is 5.61. The van der Waals surface area contributed by atoms with E-state index in [-0.39, 0.29) is 18.0 Å². The van der Waals surface area contributed by atoms with Gasteiger partial charge in [0.25, 0.3) is 0 Å². The second kappa shape index (κ2) is 7.29. The smallest absolute Gasteiger partial charge is 0.234 e. The van der Waals surface area contributed by atoms with Crippen molar-refractivity contribution < 1.29 is 4.79 Å². The Labute approximate surface area is 116 Å². The van der Waals surface area contributed by atoms with Gasteiger partial charge in [0.2, 0.25) is 5.91 Å². The van der Waals surface area contributed by atoms with Gasteiger partial charge in [-0.25, -0.2) is 0 Å². The van der Waals surface area contributed by atoms with E-state index < -0.39 is 0 Å². The number of rotatable bonds is 6. The Morgan fingerprint density at radius 1 is 1.11 bits per heavy atom. The molecule has 1 aromatic rings. The van der Waals surface area contributed by atoms with Crippen LogP contribution in [0, 0.1) is 12.8 Å². The lowest BCUT2D eigenvalue weighted by Crippen LogP contribution is -2.41. The van der Waals surface area contributed by atoms with Crippen molar-refractivity contribution in [2.24, 2.45) is 5.92 Å². The van der Waals surface area contributed by atoms with E-state index in [9.17, 15) is 4.79 Å². The molecule has 0 heterocycles. The topological polar surface area (TPSA) is 41.1 Å². The van der Waals surface area contributed by atoms with E-state index in [1.165, 1.54) is 11.1 Å². The molecule has 106 valence electrons. The molecule has 0 fully saturated rings. The standard InChI is InChI=1S/C16H26N2O/c1-11(2)13(4)18-16(19)10-17-14(5)15-8-6-12(3)7-9-15/h6-9,11,13-14,17H,10H2,1-5H3,(H,18,19). The highest BCUT2D eigenvalue weighted by Gasteiger charge is 2.12. The summed E-state index contributed by atoms with van der Waals surface area (Å²) in [5, 5.41) is 6.24. The summed E-state index contributed by atoms with van der Waals surface area (Å²) in [5.74, 6) is 0.513. The Morgan fingerprint density at radius 3 is 2.21 bits per heavy atom. The second-order valence-corrected chi connectivity index (χ2v) is 5.61. The summed E-state index contributed by atoms with van der Waals surface area (Å²) in [4.78, 5) is 11.8. The summed E-state index contributed by atoms with van der Waals surface area (Å²) in [6, 6.07) is 8.77. The molecular formula is C16H26N2O. The van der Waals surface area contributed by atoms with Gasteiger partial charge < -0.3 is 10.6 Å². The summed E-state index contributed by atoms with van der Waals surface area (Å²) in [5.41, 5.74) is 2.45. The summed E-state index contributed by atoms with van der Waals surface area (Å²) in [6.45, 7) is 10.7. The Bertz CT molecular complexity index is 398. The molecule has 1 rings (SSSR count). The van der Waals surface area contributed by atoms with Gasteiger partial charge >= 0.3 is 0 Å². The van der Waals surface area contributed by atoms with Crippen LogP contribution in [0.25, 0.3) is 0 Å². The van der Waals surface area contributed by atoms with Gasteiger partial charge in [-0.2, -0.15) is 0 Å². The largest absolute Gasteiger partial charge is 0.352 e. The Balaban J connectivity index is 2.39. The van der Waals surface area contributed by atoms with Crippen molar-refractivity contribution in [1.82, 2.24) is 10.6 Å². The Morgan fingerprint density at radius 2 is 1.68 bits per heavy atom. The number of carbonyl (C=O) groups is 1. The van der Waals surface area contributed by atoms with Crippen LogP contribution in [0.5, 0.6) is 0 Å². The van der Waals surface area contributed by atoms with Crippen LogP contribution in [0.3, 0.4) is 0 Å². The zero-order valence-corrected chi connectivity index (χ0v) is 12.7. The molecule has 3 heteroatoms. The minimum atomic E-state index is 0.0557. The first-order chi connectivity index (χ1) is 8.90. The van der Waals surface area contributed by atoms with Gasteiger partial charge in [-0.05, 0) is 32.3 Å². The predicted molar refractivity (Wildman–Crippen MR) is 80.0 cm³/mol. The van der Waals surface area contributed by atoms with Crippen LogP contribution in [0.15, 0.2) is 24.3 Å². The molecule has 0 aromatic heterocycles. The van der Waals surface area contributed by atoms with E-state index in [1.54, 1.807) is 0 Å². The van der Waals surface area contributed by atoms with E-state index in [0.717, 1.165) is 0 Å². The van der Waals surface area contributed by atoms with Gasteiger partial charge in [-0.1, -0.05) is 43.7 Å². The molecular weight excluding hydrogens is 236 g/mol. The fourth-order valence-corrected chi connectivity index (χ4v) is 1.69. The minimum Gasteiger partial charge on any atom is -0.352 e. The number of aryl methyl sites for hydroxylation is 1. The monoisotopic (exact) mass is 262 g/mol. The van der Waals surface area contributed by atoms with Crippen LogP contribution in [0.1, 0.15) is 44.9 Å². The fraction of sp³-hybridized carbons (Fsp3) is 0.562. The Kier molecular flexibility index (Phi) is 6.03. The minimum absolute atomic E-state index is 0.0557. The Hall–Kier alpha value is -1.35. The maximum atomic E-state index is 11.8. The number of hydrogen-bond acceptors (Lipinski definition) is 2. The third kappa shape index (κ3) is 5.43. The number of benzene rings is 1. The molecule has 0 aliphatic rings. The summed E-state index contributed by atoms with van der Waals surface area (Å²) in [7, 11) is 0. The fourth-order valence-electron chi connectivity index (χ4n) is 1.69. The molecule has 19 heavy (non-hydrogen) atoms. The first-order valence-corrected chi connectivity index (χ1v) is 6.99. The van der Waals surface area contributed by atoms with E-state index in [1.807, 2.05) is 6.92 Å². The summed E-state index contributed by atoms with van der Waals surface area (Å²) >= 11 is 0. The molecule has 2 unspecified atom stereocenters.